The Hall–Kier alpha value is -0.0800. The molecule has 6 heteroatoms. The van der Waals surface area contributed by atoms with Crippen LogP contribution < -0.4 is 5.73 Å². The van der Waals surface area contributed by atoms with Gasteiger partial charge in [-0.25, -0.2) is 0 Å². The lowest BCUT2D eigenvalue weighted by Gasteiger charge is -2.01. The molecule has 0 saturated carbocycles. The zero-order valence-electron chi connectivity index (χ0n) is 7.30. The highest BCUT2D eigenvalue weighted by Crippen LogP contribution is 2.35. The lowest BCUT2D eigenvalue weighted by molar-refractivity contribution is 0.435. The first kappa shape index (κ1) is 11.4. The Balaban J connectivity index is 2.59. The lowest BCUT2D eigenvalue weighted by atomic mass is 10.2. The van der Waals surface area contributed by atoms with Crippen molar-refractivity contribution in [3.05, 3.63) is 30.7 Å². The SMILES string of the molecule is Nc1noc(-c2ccc(Br)cc2Br)c1I. The van der Waals surface area contributed by atoms with E-state index < -0.39 is 0 Å². The Morgan fingerprint density at radius 1 is 1.33 bits per heavy atom. The van der Waals surface area contributed by atoms with Crippen LogP contribution in [0.15, 0.2) is 31.7 Å². The molecule has 3 nitrogen and oxygen atoms in total. The smallest absolute Gasteiger partial charge is 0.183 e. The van der Waals surface area contributed by atoms with Crippen LogP contribution in [0.1, 0.15) is 0 Å². The summed E-state index contributed by atoms with van der Waals surface area (Å²) >= 11 is 8.97. The maximum atomic E-state index is 5.62. The Morgan fingerprint density at radius 3 is 2.60 bits per heavy atom. The van der Waals surface area contributed by atoms with Gasteiger partial charge in [0.05, 0.1) is 0 Å². The van der Waals surface area contributed by atoms with Crippen molar-refractivity contribution in [3.63, 3.8) is 0 Å². The molecule has 0 aliphatic rings. The molecule has 1 aromatic heterocycles. The number of halogens is 3. The fourth-order valence-corrected chi connectivity index (χ4v) is 2.85. The van der Waals surface area contributed by atoms with E-state index in [9.17, 15) is 0 Å². The van der Waals surface area contributed by atoms with E-state index in [2.05, 4.69) is 59.6 Å². The minimum Gasteiger partial charge on any atom is -0.380 e. The van der Waals surface area contributed by atoms with Crippen LogP contribution in [0.25, 0.3) is 11.3 Å². The summed E-state index contributed by atoms with van der Waals surface area (Å²) in [5, 5.41) is 3.72. The highest BCUT2D eigenvalue weighted by Gasteiger charge is 2.15. The number of nitrogens with two attached hydrogens (primary N) is 1. The van der Waals surface area contributed by atoms with Gasteiger partial charge in [-0.3, -0.25) is 0 Å². The third kappa shape index (κ3) is 2.21. The van der Waals surface area contributed by atoms with Gasteiger partial charge in [0.15, 0.2) is 11.6 Å². The van der Waals surface area contributed by atoms with Gasteiger partial charge in [0.1, 0.15) is 3.57 Å². The van der Waals surface area contributed by atoms with Crippen LogP contribution in [0.2, 0.25) is 0 Å². The molecule has 0 radical (unpaired) electrons. The highest BCUT2D eigenvalue weighted by molar-refractivity contribution is 14.1. The van der Waals surface area contributed by atoms with E-state index in [1.807, 2.05) is 18.2 Å². The van der Waals surface area contributed by atoms with Crippen molar-refractivity contribution in [2.75, 3.05) is 5.73 Å². The second-order valence-electron chi connectivity index (χ2n) is 2.84. The van der Waals surface area contributed by atoms with Gasteiger partial charge in [-0.2, -0.15) is 0 Å². The standard InChI is InChI=1S/C9H5Br2IN2O/c10-4-1-2-5(6(11)3-4)8-7(12)9(13)14-15-8/h1-3H,(H2,13,14). The minimum atomic E-state index is 0.417. The predicted octanol–water partition coefficient (Wildman–Crippen LogP) is 4.05. The van der Waals surface area contributed by atoms with Crippen LogP contribution in [0.5, 0.6) is 0 Å². The molecular weight excluding hydrogens is 439 g/mol. The average Bonchev–Trinajstić information content (AvgIpc) is 2.49. The molecule has 2 aromatic rings. The summed E-state index contributed by atoms with van der Waals surface area (Å²) in [5.41, 5.74) is 6.56. The first-order valence-electron chi connectivity index (χ1n) is 3.95. The monoisotopic (exact) mass is 442 g/mol. The minimum absolute atomic E-state index is 0.417. The van der Waals surface area contributed by atoms with Gasteiger partial charge in [0.25, 0.3) is 0 Å². The Labute approximate surface area is 117 Å². The largest absolute Gasteiger partial charge is 0.380 e. The number of rotatable bonds is 1. The van der Waals surface area contributed by atoms with Crippen LogP contribution in [-0.4, -0.2) is 5.16 Å². The van der Waals surface area contributed by atoms with E-state index in [-0.39, 0.29) is 0 Å². The third-order valence-electron chi connectivity index (χ3n) is 1.84. The number of nitrogen functional groups attached to an aromatic ring is 1. The first-order chi connectivity index (χ1) is 7.09. The van der Waals surface area contributed by atoms with Crippen molar-refractivity contribution < 1.29 is 4.52 Å². The molecule has 0 bridgehead atoms. The first-order valence-corrected chi connectivity index (χ1v) is 6.62. The fraction of sp³-hybridized carbons (Fsp3) is 0. The van der Waals surface area contributed by atoms with E-state index in [4.69, 9.17) is 10.3 Å². The molecule has 1 heterocycles. The number of hydrogen-bond acceptors (Lipinski definition) is 3. The number of nitrogens with zero attached hydrogens (tertiary/aromatic N) is 1. The molecule has 0 amide bonds. The van der Waals surface area contributed by atoms with E-state index >= 15 is 0 Å². The molecular formula is C9H5Br2IN2O. The predicted molar refractivity (Wildman–Crippen MR) is 74.5 cm³/mol. The molecule has 15 heavy (non-hydrogen) atoms. The summed E-state index contributed by atoms with van der Waals surface area (Å²) in [5.74, 6) is 1.10. The fourth-order valence-electron chi connectivity index (χ4n) is 1.13. The molecule has 0 spiro atoms. The van der Waals surface area contributed by atoms with Crippen LogP contribution in [0.3, 0.4) is 0 Å². The molecule has 0 fully saturated rings. The quantitative estimate of drug-likeness (QED) is 0.676. The summed E-state index contributed by atoms with van der Waals surface area (Å²) in [4.78, 5) is 0. The molecule has 0 unspecified atom stereocenters. The summed E-state index contributed by atoms with van der Waals surface area (Å²) in [6, 6.07) is 5.83. The normalized spacial score (nSPS) is 10.6. The van der Waals surface area contributed by atoms with E-state index in [1.54, 1.807) is 0 Å². The molecule has 0 atom stereocenters. The van der Waals surface area contributed by atoms with Gasteiger partial charge in [-0.15, -0.1) is 0 Å². The van der Waals surface area contributed by atoms with Crippen LogP contribution >= 0.6 is 54.5 Å². The molecule has 1 aromatic carbocycles. The Bertz CT molecular complexity index is 513. The van der Waals surface area contributed by atoms with Crippen molar-refractivity contribution >= 4 is 60.3 Å². The molecule has 0 saturated heterocycles. The molecule has 2 rings (SSSR count). The number of aromatic nitrogens is 1. The van der Waals surface area contributed by atoms with Gasteiger partial charge < -0.3 is 10.3 Å². The van der Waals surface area contributed by atoms with Crippen LogP contribution in [0, 0.1) is 3.57 Å². The summed E-state index contributed by atoms with van der Waals surface area (Å²) in [6.45, 7) is 0. The van der Waals surface area contributed by atoms with Crippen molar-refractivity contribution in [1.82, 2.24) is 5.16 Å². The second-order valence-corrected chi connectivity index (χ2v) is 5.68. The molecule has 0 aliphatic carbocycles. The molecule has 2 N–H and O–H groups in total. The van der Waals surface area contributed by atoms with Gasteiger partial charge in [0.2, 0.25) is 0 Å². The number of anilines is 1. The maximum absolute atomic E-state index is 5.62. The van der Waals surface area contributed by atoms with Gasteiger partial charge >= 0.3 is 0 Å². The van der Waals surface area contributed by atoms with Crippen molar-refractivity contribution in [2.24, 2.45) is 0 Å². The van der Waals surface area contributed by atoms with Crippen molar-refractivity contribution in [2.45, 2.75) is 0 Å². The topological polar surface area (TPSA) is 52.0 Å². The highest BCUT2D eigenvalue weighted by atomic mass is 127. The van der Waals surface area contributed by atoms with Crippen molar-refractivity contribution in [3.8, 4) is 11.3 Å². The third-order valence-corrected chi connectivity index (χ3v) is 4.03. The Morgan fingerprint density at radius 2 is 2.07 bits per heavy atom. The number of hydrogen-bond donors (Lipinski definition) is 1. The zero-order valence-corrected chi connectivity index (χ0v) is 12.6. The number of benzene rings is 1. The maximum Gasteiger partial charge on any atom is 0.183 e. The van der Waals surface area contributed by atoms with Gasteiger partial charge in [-0.1, -0.05) is 21.1 Å². The summed E-state index contributed by atoms with van der Waals surface area (Å²) in [6.07, 6.45) is 0. The summed E-state index contributed by atoms with van der Waals surface area (Å²) < 4.78 is 7.94. The van der Waals surface area contributed by atoms with Gasteiger partial charge in [-0.05, 0) is 56.7 Å². The average molecular weight is 444 g/mol. The van der Waals surface area contributed by atoms with Crippen molar-refractivity contribution in [1.29, 1.82) is 0 Å². The van der Waals surface area contributed by atoms with E-state index in [1.165, 1.54) is 0 Å². The molecule has 78 valence electrons. The van der Waals surface area contributed by atoms with E-state index in [0.29, 0.717) is 11.6 Å². The molecule has 0 aliphatic heterocycles. The van der Waals surface area contributed by atoms with Crippen LogP contribution in [0.4, 0.5) is 5.82 Å². The second kappa shape index (κ2) is 4.42. The Kier molecular flexibility index (Phi) is 3.36. The van der Waals surface area contributed by atoms with Gasteiger partial charge in [0, 0.05) is 14.5 Å². The van der Waals surface area contributed by atoms with E-state index in [0.717, 1.165) is 18.1 Å². The lowest BCUT2D eigenvalue weighted by Crippen LogP contribution is -1.86. The zero-order chi connectivity index (χ0) is 11.0. The van der Waals surface area contributed by atoms with Crippen LogP contribution in [-0.2, 0) is 0 Å². The summed E-state index contributed by atoms with van der Waals surface area (Å²) in [7, 11) is 0.